The van der Waals surface area contributed by atoms with Crippen LogP contribution in [0.1, 0.15) is 32.6 Å². The summed E-state index contributed by atoms with van der Waals surface area (Å²) in [5.41, 5.74) is 0. The van der Waals surface area contributed by atoms with E-state index in [2.05, 4.69) is 4.72 Å². The Bertz CT molecular complexity index is 271. The van der Waals surface area contributed by atoms with Crippen molar-refractivity contribution in [2.75, 3.05) is 19.7 Å². The molecule has 0 aliphatic carbocycles. The van der Waals surface area contributed by atoms with Crippen LogP contribution < -0.4 is 4.72 Å². The first-order valence-corrected chi connectivity index (χ1v) is 6.88. The van der Waals surface area contributed by atoms with Gasteiger partial charge in [0.2, 0.25) is 0 Å². The van der Waals surface area contributed by atoms with Crippen LogP contribution in [-0.4, -0.2) is 43.6 Å². The second kappa shape index (κ2) is 5.79. The van der Waals surface area contributed by atoms with Gasteiger partial charge in [-0.05, 0) is 19.8 Å². The second-order valence-corrected chi connectivity index (χ2v) is 5.72. The molecule has 5 nitrogen and oxygen atoms in total. The fourth-order valence-corrected chi connectivity index (χ4v) is 3.12. The fraction of sp³-hybridized carbons (Fsp3) is 1.00. The van der Waals surface area contributed by atoms with E-state index in [1.807, 2.05) is 0 Å². The third-order valence-electron chi connectivity index (χ3n) is 2.53. The lowest BCUT2D eigenvalue weighted by Gasteiger charge is -2.22. The van der Waals surface area contributed by atoms with E-state index in [1.54, 1.807) is 6.92 Å². The van der Waals surface area contributed by atoms with Crippen molar-refractivity contribution in [3.8, 4) is 0 Å². The maximum absolute atomic E-state index is 11.8. The molecule has 1 atom stereocenters. The molecule has 1 fully saturated rings. The van der Waals surface area contributed by atoms with Crippen molar-refractivity contribution in [3.05, 3.63) is 0 Å². The Balaban J connectivity index is 2.58. The minimum absolute atomic E-state index is 0.174. The highest BCUT2D eigenvalue weighted by Gasteiger charge is 2.23. The van der Waals surface area contributed by atoms with E-state index in [-0.39, 0.29) is 6.61 Å². The van der Waals surface area contributed by atoms with E-state index < -0.39 is 16.3 Å². The number of aliphatic hydroxyl groups is 1. The summed E-state index contributed by atoms with van der Waals surface area (Å²) in [6, 6.07) is -0.418. The first kappa shape index (κ1) is 12.9. The highest BCUT2D eigenvalue weighted by Crippen LogP contribution is 2.12. The summed E-state index contributed by atoms with van der Waals surface area (Å²) >= 11 is 0. The highest BCUT2D eigenvalue weighted by molar-refractivity contribution is 7.87. The minimum atomic E-state index is -3.39. The van der Waals surface area contributed by atoms with Gasteiger partial charge >= 0.3 is 0 Å². The Morgan fingerprint density at radius 3 is 2.27 bits per heavy atom. The topological polar surface area (TPSA) is 69.6 Å². The van der Waals surface area contributed by atoms with Crippen LogP contribution in [0, 0.1) is 0 Å². The summed E-state index contributed by atoms with van der Waals surface area (Å²) in [7, 11) is -3.39. The van der Waals surface area contributed by atoms with Gasteiger partial charge in [0.15, 0.2) is 0 Å². The zero-order valence-electron chi connectivity index (χ0n) is 9.15. The number of hydrogen-bond donors (Lipinski definition) is 2. The molecule has 0 unspecified atom stereocenters. The van der Waals surface area contributed by atoms with Gasteiger partial charge in [0.1, 0.15) is 0 Å². The minimum Gasteiger partial charge on any atom is -0.395 e. The smallest absolute Gasteiger partial charge is 0.279 e. The number of nitrogens with zero attached hydrogens (tertiary/aromatic N) is 1. The normalized spacial score (nSPS) is 22.3. The van der Waals surface area contributed by atoms with Crippen LogP contribution in [-0.2, 0) is 10.2 Å². The van der Waals surface area contributed by atoms with Crippen LogP contribution in [0.15, 0.2) is 0 Å². The molecule has 1 rings (SSSR count). The van der Waals surface area contributed by atoms with Crippen LogP contribution in [0.3, 0.4) is 0 Å². The van der Waals surface area contributed by atoms with E-state index in [0.717, 1.165) is 25.7 Å². The number of nitrogens with one attached hydrogen (secondary N) is 1. The first-order valence-electron chi connectivity index (χ1n) is 5.44. The van der Waals surface area contributed by atoms with Gasteiger partial charge in [0.05, 0.1) is 6.61 Å². The molecule has 0 aromatic carbocycles. The van der Waals surface area contributed by atoms with Crippen molar-refractivity contribution >= 4 is 10.2 Å². The SMILES string of the molecule is C[C@@H](CO)NS(=O)(=O)N1CCCCCC1. The molecular weight excluding hydrogens is 216 g/mol. The molecule has 1 aliphatic heterocycles. The predicted octanol–water partition coefficient (Wildman–Crippen LogP) is 0.0776. The molecule has 2 N–H and O–H groups in total. The molecule has 0 amide bonds. The van der Waals surface area contributed by atoms with Gasteiger partial charge in [0, 0.05) is 19.1 Å². The molecule has 1 aliphatic rings. The van der Waals surface area contributed by atoms with Gasteiger partial charge in [-0.25, -0.2) is 0 Å². The monoisotopic (exact) mass is 236 g/mol. The van der Waals surface area contributed by atoms with Crippen LogP contribution in [0.5, 0.6) is 0 Å². The number of hydrogen-bond acceptors (Lipinski definition) is 3. The van der Waals surface area contributed by atoms with E-state index in [9.17, 15) is 8.42 Å². The van der Waals surface area contributed by atoms with Crippen LogP contribution >= 0.6 is 0 Å². The Morgan fingerprint density at radius 1 is 1.27 bits per heavy atom. The molecule has 0 saturated carbocycles. The largest absolute Gasteiger partial charge is 0.395 e. The standard InChI is InChI=1S/C9H20N2O3S/c1-9(8-12)10-15(13,14)11-6-4-2-3-5-7-11/h9-10,12H,2-8H2,1H3/t9-/m0/s1. The molecule has 90 valence electrons. The van der Waals surface area contributed by atoms with Crippen molar-refractivity contribution in [2.45, 2.75) is 38.6 Å². The van der Waals surface area contributed by atoms with E-state index in [4.69, 9.17) is 5.11 Å². The van der Waals surface area contributed by atoms with Crippen LogP contribution in [0.2, 0.25) is 0 Å². The predicted molar refractivity (Wildman–Crippen MR) is 58.6 cm³/mol. The summed E-state index contributed by atoms with van der Waals surface area (Å²) in [6.45, 7) is 2.66. The third-order valence-corrected chi connectivity index (χ3v) is 4.27. The van der Waals surface area contributed by atoms with Gasteiger partial charge in [-0.2, -0.15) is 17.4 Å². The maximum atomic E-state index is 11.8. The summed E-state index contributed by atoms with van der Waals surface area (Å²) in [6.07, 6.45) is 4.05. The number of aliphatic hydroxyl groups excluding tert-OH is 1. The lowest BCUT2D eigenvalue weighted by Crippen LogP contribution is -2.45. The average Bonchev–Trinajstić information content (AvgIpc) is 2.45. The molecule has 0 aromatic heterocycles. The molecule has 6 heteroatoms. The van der Waals surface area contributed by atoms with Crippen LogP contribution in [0.4, 0.5) is 0 Å². The van der Waals surface area contributed by atoms with E-state index in [0.29, 0.717) is 13.1 Å². The highest BCUT2D eigenvalue weighted by atomic mass is 32.2. The molecule has 0 radical (unpaired) electrons. The fourth-order valence-electron chi connectivity index (χ4n) is 1.65. The quantitative estimate of drug-likeness (QED) is 0.726. The van der Waals surface area contributed by atoms with Gasteiger partial charge < -0.3 is 5.11 Å². The third kappa shape index (κ3) is 4.06. The Hall–Kier alpha value is -0.170. The molecule has 1 saturated heterocycles. The molecule has 0 bridgehead atoms. The molecule has 15 heavy (non-hydrogen) atoms. The van der Waals surface area contributed by atoms with E-state index in [1.165, 1.54) is 4.31 Å². The van der Waals surface area contributed by atoms with Gasteiger partial charge in [-0.1, -0.05) is 12.8 Å². The Labute approximate surface area is 91.7 Å². The second-order valence-electron chi connectivity index (χ2n) is 4.02. The molecule has 0 spiro atoms. The molecular formula is C9H20N2O3S. The van der Waals surface area contributed by atoms with Gasteiger partial charge in [0.25, 0.3) is 10.2 Å². The zero-order valence-corrected chi connectivity index (χ0v) is 9.96. The average molecular weight is 236 g/mol. The van der Waals surface area contributed by atoms with E-state index >= 15 is 0 Å². The van der Waals surface area contributed by atoms with Crippen molar-refractivity contribution in [1.29, 1.82) is 0 Å². The van der Waals surface area contributed by atoms with Crippen molar-refractivity contribution in [3.63, 3.8) is 0 Å². The summed E-state index contributed by atoms with van der Waals surface area (Å²) in [5.74, 6) is 0. The lowest BCUT2D eigenvalue weighted by molar-refractivity contribution is 0.262. The lowest BCUT2D eigenvalue weighted by atomic mass is 10.2. The van der Waals surface area contributed by atoms with Gasteiger partial charge in [-0.3, -0.25) is 0 Å². The van der Waals surface area contributed by atoms with Gasteiger partial charge in [-0.15, -0.1) is 0 Å². The Morgan fingerprint density at radius 2 is 1.80 bits per heavy atom. The number of rotatable bonds is 4. The summed E-state index contributed by atoms with van der Waals surface area (Å²) < 4.78 is 27.6. The first-order chi connectivity index (χ1) is 7.06. The zero-order chi connectivity index (χ0) is 11.3. The van der Waals surface area contributed by atoms with Crippen molar-refractivity contribution < 1.29 is 13.5 Å². The summed E-state index contributed by atoms with van der Waals surface area (Å²) in [4.78, 5) is 0. The molecule has 1 heterocycles. The van der Waals surface area contributed by atoms with Crippen LogP contribution in [0.25, 0.3) is 0 Å². The van der Waals surface area contributed by atoms with Crippen molar-refractivity contribution in [2.24, 2.45) is 0 Å². The Kier molecular flexibility index (Phi) is 4.98. The summed E-state index contributed by atoms with van der Waals surface area (Å²) in [5, 5.41) is 8.81. The maximum Gasteiger partial charge on any atom is 0.279 e. The molecule has 0 aromatic rings. The van der Waals surface area contributed by atoms with Crippen molar-refractivity contribution in [1.82, 2.24) is 9.03 Å².